The van der Waals surface area contributed by atoms with Gasteiger partial charge < -0.3 is 4.98 Å². The fraction of sp³-hybridized carbons (Fsp3) is 0.385. The summed E-state index contributed by atoms with van der Waals surface area (Å²) < 4.78 is 1.85. The number of fused-ring (bicyclic) bond motifs is 1. The fourth-order valence-electron chi connectivity index (χ4n) is 2.01. The van der Waals surface area contributed by atoms with Crippen molar-refractivity contribution in [1.82, 2.24) is 30.2 Å². The maximum Gasteiger partial charge on any atom is 0.166 e. The molecule has 0 unspecified atom stereocenters. The van der Waals surface area contributed by atoms with Crippen LogP contribution in [0.5, 0.6) is 0 Å². The summed E-state index contributed by atoms with van der Waals surface area (Å²) in [5.74, 6) is 1.60. The van der Waals surface area contributed by atoms with Crippen LogP contribution in [0.2, 0.25) is 0 Å². The Morgan fingerprint density at radius 2 is 2.25 bits per heavy atom. The van der Waals surface area contributed by atoms with Gasteiger partial charge >= 0.3 is 0 Å². The van der Waals surface area contributed by atoms with Crippen LogP contribution in [0.1, 0.15) is 24.7 Å². The van der Waals surface area contributed by atoms with Crippen molar-refractivity contribution < 1.29 is 0 Å². The highest BCUT2D eigenvalue weighted by Gasteiger charge is 2.08. The van der Waals surface area contributed by atoms with Gasteiger partial charge in [-0.05, 0) is 41.5 Å². The number of aromatic amines is 1. The molecule has 0 spiro atoms. The molecule has 0 saturated carbocycles. The lowest BCUT2D eigenvalue weighted by atomic mass is 10.2. The van der Waals surface area contributed by atoms with E-state index < -0.39 is 0 Å². The Morgan fingerprint density at radius 3 is 3.10 bits per heavy atom. The molecule has 0 radical (unpaired) electrons. The molecule has 0 aliphatic rings. The quantitative estimate of drug-likeness (QED) is 0.730. The average Bonchev–Trinajstić information content (AvgIpc) is 3.02. The molecule has 0 fully saturated rings. The summed E-state index contributed by atoms with van der Waals surface area (Å²) in [5.41, 5.74) is 3.29. The smallest absolute Gasteiger partial charge is 0.166 e. The maximum absolute atomic E-state index is 4.56. The molecular formula is C13H16N6S. The van der Waals surface area contributed by atoms with E-state index in [0.29, 0.717) is 5.75 Å². The van der Waals surface area contributed by atoms with Crippen molar-refractivity contribution in [3.8, 4) is 0 Å². The van der Waals surface area contributed by atoms with Crippen LogP contribution in [-0.4, -0.2) is 30.2 Å². The van der Waals surface area contributed by atoms with Gasteiger partial charge in [0.25, 0.3) is 0 Å². The first-order chi connectivity index (χ1) is 9.76. The van der Waals surface area contributed by atoms with Crippen LogP contribution < -0.4 is 0 Å². The molecule has 3 rings (SSSR count). The Balaban J connectivity index is 1.74. The van der Waals surface area contributed by atoms with Gasteiger partial charge in [0, 0.05) is 6.54 Å². The second-order valence-corrected chi connectivity index (χ2v) is 5.63. The largest absolute Gasteiger partial charge is 0.333 e. The zero-order chi connectivity index (χ0) is 13.9. The lowest BCUT2D eigenvalue weighted by Crippen LogP contribution is -2.04. The monoisotopic (exact) mass is 288 g/mol. The van der Waals surface area contributed by atoms with Crippen molar-refractivity contribution in [1.29, 1.82) is 0 Å². The number of benzene rings is 1. The Hall–Kier alpha value is -1.89. The van der Waals surface area contributed by atoms with Crippen molar-refractivity contribution in [2.45, 2.75) is 37.7 Å². The van der Waals surface area contributed by atoms with E-state index in [1.165, 1.54) is 5.56 Å². The van der Waals surface area contributed by atoms with Crippen molar-refractivity contribution in [3.05, 3.63) is 29.6 Å². The second-order valence-electron chi connectivity index (χ2n) is 4.67. The minimum absolute atomic E-state index is 0.714. The third kappa shape index (κ3) is 2.67. The third-order valence-electron chi connectivity index (χ3n) is 3.00. The standard InChI is InChI=1S/C13H16N6S/c1-3-6-19-12(16-17-18-19)8-20-13-14-10-5-4-9(2)7-11(10)15-13/h4-5,7H,3,6,8H2,1-2H3,(H,14,15). The maximum atomic E-state index is 4.56. The van der Waals surface area contributed by atoms with E-state index >= 15 is 0 Å². The molecule has 7 heteroatoms. The number of nitrogens with zero attached hydrogens (tertiary/aromatic N) is 5. The Labute approximate surface area is 121 Å². The molecule has 0 aliphatic carbocycles. The fourth-order valence-corrected chi connectivity index (χ4v) is 2.83. The molecule has 20 heavy (non-hydrogen) atoms. The van der Waals surface area contributed by atoms with Gasteiger partial charge in [0.1, 0.15) is 0 Å². The molecule has 0 atom stereocenters. The van der Waals surface area contributed by atoms with Crippen molar-refractivity contribution in [2.24, 2.45) is 0 Å². The molecule has 0 bridgehead atoms. The average molecular weight is 288 g/mol. The normalized spacial score (nSPS) is 11.3. The van der Waals surface area contributed by atoms with E-state index in [0.717, 1.165) is 35.0 Å². The van der Waals surface area contributed by atoms with Gasteiger partial charge in [-0.15, -0.1) is 5.10 Å². The van der Waals surface area contributed by atoms with Crippen LogP contribution in [0.15, 0.2) is 23.4 Å². The number of hydrogen-bond donors (Lipinski definition) is 1. The zero-order valence-corrected chi connectivity index (χ0v) is 12.3. The Bertz CT molecular complexity index is 717. The minimum Gasteiger partial charge on any atom is -0.333 e. The lowest BCUT2D eigenvalue weighted by Gasteiger charge is -2.00. The third-order valence-corrected chi connectivity index (χ3v) is 3.86. The summed E-state index contributed by atoms with van der Waals surface area (Å²) in [6, 6.07) is 6.21. The predicted octanol–water partition coefficient (Wildman–Crippen LogP) is 2.56. The molecule has 1 aromatic carbocycles. The number of aryl methyl sites for hydroxylation is 2. The number of tetrazole rings is 1. The first-order valence-corrected chi connectivity index (χ1v) is 7.59. The van der Waals surface area contributed by atoms with Gasteiger partial charge in [-0.3, -0.25) is 0 Å². The molecule has 3 aromatic rings. The first kappa shape index (κ1) is 13.1. The molecule has 2 heterocycles. The van der Waals surface area contributed by atoms with E-state index in [9.17, 15) is 0 Å². The topological polar surface area (TPSA) is 72.3 Å². The molecular weight excluding hydrogens is 272 g/mol. The summed E-state index contributed by atoms with van der Waals surface area (Å²) in [7, 11) is 0. The Kier molecular flexibility index (Phi) is 3.68. The van der Waals surface area contributed by atoms with E-state index in [-0.39, 0.29) is 0 Å². The van der Waals surface area contributed by atoms with Gasteiger partial charge in [-0.2, -0.15) is 0 Å². The highest BCUT2D eigenvalue weighted by Crippen LogP contribution is 2.22. The van der Waals surface area contributed by atoms with E-state index in [1.54, 1.807) is 11.8 Å². The van der Waals surface area contributed by atoms with E-state index in [1.807, 2.05) is 10.7 Å². The summed E-state index contributed by atoms with van der Waals surface area (Å²) in [6.07, 6.45) is 1.02. The minimum atomic E-state index is 0.714. The number of aromatic nitrogens is 6. The molecule has 2 aromatic heterocycles. The number of H-pyrrole nitrogens is 1. The van der Waals surface area contributed by atoms with E-state index in [2.05, 4.69) is 51.5 Å². The molecule has 104 valence electrons. The van der Waals surface area contributed by atoms with Crippen LogP contribution in [0.3, 0.4) is 0 Å². The summed E-state index contributed by atoms with van der Waals surface area (Å²) >= 11 is 1.62. The summed E-state index contributed by atoms with van der Waals surface area (Å²) in [4.78, 5) is 7.88. The zero-order valence-electron chi connectivity index (χ0n) is 11.5. The van der Waals surface area contributed by atoms with Crippen molar-refractivity contribution in [2.75, 3.05) is 0 Å². The summed E-state index contributed by atoms with van der Waals surface area (Å²) in [5, 5.41) is 12.7. The van der Waals surface area contributed by atoms with Gasteiger partial charge in [-0.25, -0.2) is 9.67 Å². The van der Waals surface area contributed by atoms with Crippen molar-refractivity contribution >= 4 is 22.8 Å². The van der Waals surface area contributed by atoms with Crippen molar-refractivity contribution in [3.63, 3.8) is 0 Å². The van der Waals surface area contributed by atoms with Gasteiger partial charge in [-0.1, -0.05) is 24.8 Å². The highest BCUT2D eigenvalue weighted by atomic mass is 32.2. The molecule has 1 N–H and O–H groups in total. The number of hydrogen-bond acceptors (Lipinski definition) is 5. The SMILES string of the molecule is CCCn1nnnc1CSc1nc2ccc(C)cc2[nH]1. The van der Waals surface area contributed by atoms with E-state index in [4.69, 9.17) is 0 Å². The van der Waals surface area contributed by atoms with Gasteiger partial charge in [0.05, 0.1) is 16.8 Å². The number of nitrogens with one attached hydrogen (secondary N) is 1. The molecule has 0 saturated heterocycles. The number of imidazole rings is 1. The second kappa shape index (κ2) is 5.62. The summed E-state index contributed by atoms with van der Waals surface area (Å²) in [6.45, 7) is 5.04. The van der Waals surface area contributed by atoms with Gasteiger partial charge in [0.2, 0.25) is 0 Å². The Morgan fingerprint density at radius 1 is 1.35 bits per heavy atom. The van der Waals surface area contributed by atoms with Crippen LogP contribution >= 0.6 is 11.8 Å². The number of thioether (sulfide) groups is 1. The lowest BCUT2D eigenvalue weighted by molar-refractivity contribution is 0.564. The van der Waals surface area contributed by atoms with Gasteiger partial charge in [0.15, 0.2) is 11.0 Å². The predicted molar refractivity (Wildman–Crippen MR) is 78.5 cm³/mol. The number of rotatable bonds is 5. The van der Waals surface area contributed by atoms with Crippen LogP contribution in [0, 0.1) is 6.92 Å². The molecule has 0 aliphatic heterocycles. The first-order valence-electron chi connectivity index (χ1n) is 6.60. The highest BCUT2D eigenvalue weighted by molar-refractivity contribution is 7.98. The van der Waals surface area contributed by atoms with Crippen LogP contribution in [0.25, 0.3) is 11.0 Å². The van der Waals surface area contributed by atoms with Crippen LogP contribution in [-0.2, 0) is 12.3 Å². The molecule has 0 amide bonds. The van der Waals surface area contributed by atoms with Crippen LogP contribution in [0.4, 0.5) is 0 Å². The molecule has 6 nitrogen and oxygen atoms in total.